The Labute approximate surface area is 298 Å². The Morgan fingerprint density at radius 3 is 2.45 bits per heavy atom. The summed E-state index contributed by atoms with van der Waals surface area (Å²) >= 11 is 0. The van der Waals surface area contributed by atoms with Gasteiger partial charge in [-0.1, -0.05) is 27.2 Å². The zero-order valence-corrected chi connectivity index (χ0v) is 30.7. The number of nitrogens with zero attached hydrogens (tertiary/aromatic N) is 5. The summed E-state index contributed by atoms with van der Waals surface area (Å²) in [4.78, 5) is 50.2. The number of hydrogen-bond donors (Lipinski definition) is 1. The molecule has 0 amide bonds. The Balaban J connectivity index is 1.36. The number of carbonyl (C=O) groups excluding carboxylic acids is 1. The number of carbonyl (C=O) groups is 1. The van der Waals surface area contributed by atoms with Crippen LogP contribution < -0.4 is 10.3 Å². The number of hydrogen-bond acceptors (Lipinski definition) is 12. The Hall–Kier alpha value is -4.22. The van der Waals surface area contributed by atoms with Crippen LogP contribution in [-0.4, -0.2) is 102 Å². The second kappa shape index (κ2) is 18.9. The summed E-state index contributed by atoms with van der Waals surface area (Å²) in [6, 6.07) is 4.66. The minimum atomic E-state index is -3.90. The molecule has 0 spiro atoms. The van der Waals surface area contributed by atoms with Gasteiger partial charge in [0.25, 0.3) is 10.6 Å². The summed E-state index contributed by atoms with van der Waals surface area (Å²) in [5.41, 5.74) is 2.15. The van der Waals surface area contributed by atoms with E-state index < -0.39 is 27.4 Å². The smallest absolute Gasteiger partial charge is 0.493 e. The van der Waals surface area contributed by atoms with E-state index >= 15 is 0 Å². The van der Waals surface area contributed by atoms with Crippen molar-refractivity contribution >= 4 is 27.2 Å². The Morgan fingerprint density at radius 1 is 1.04 bits per heavy atom. The van der Waals surface area contributed by atoms with Crippen LogP contribution in [0.2, 0.25) is 0 Å². The van der Waals surface area contributed by atoms with Gasteiger partial charge in [-0.3, -0.25) is 9.69 Å². The first-order chi connectivity index (χ1) is 24.5. The second-order valence-electron chi connectivity index (χ2n) is 12.4. The molecule has 1 saturated heterocycles. The molecule has 4 rings (SSSR count). The standard InChI is InChI=1S/C34H50N6O10S/c1-5-11-25-24-38(8-4)31-30(25)35-32(36-33(31)41)28-23-27(13-14-29(28)47-20-6-2)51(45,46)39-17-15-37(16-18-39)19-22-49-34(42)48-21-10-9-12-26(7-3)50-40(43)44/h13-14,23-24,26H,5-12,15-22H2,1-4H3,(H,35,36,41)/t26-/m1/s1. The van der Waals surface area contributed by atoms with E-state index in [4.69, 9.17) is 19.2 Å². The molecule has 1 N–H and O–H groups in total. The molecule has 0 bridgehead atoms. The van der Waals surface area contributed by atoms with Crippen LogP contribution in [0, 0.1) is 10.1 Å². The van der Waals surface area contributed by atoms with Gasteiger partial charge in [0, 0.05) is 45.5 Å². The number of sulfonamides is 1. The van der Waals surface area contributed by atoms with Gasteiger partial charge in [-0.15, -0.1) is 10.1 Å². The van der Waals surface area contributed by atoms with E-state index in [9.17, 15) is 28.1 Å². The fourth-order valence-electron chi connectivity index (χ4n) is 6.02. The maximum absolute atomic E-state index is 13.9. The summed E-state index contributed by atoms with van der Waals surface area (Å²) in [6.07, 6.45) is 5.18. The predicted octanol–water partition coefficient (Wildman–Crippen LogP) is 4.77. The molecule has 2 aromatic heterocycles. The summed E-state index contributed by atoms with van der Waals surface area (Å²) in [5.74, 6) is 0.679. The van der Waals surface area contributed by atoms with E-state index in [1.54, 1.807) is 13.0 Å². The number of unbranched alkanes of at least 4 members (excludes halogenated alkanes) is 1. The molecule has 16 nitrogen and oxygen atoms in total. The SMILES string of the molecule is CCCOc1ccc(S(=O)(=O)N2CCN(CCOC(=O)OCCCC[C@@H](CC)O[N+](=O)[O-])CC2)cc1-c1nc2c(CCC)cn(CC)c2c(=O)[nH]1. The average molecular weight is 735 g/mol. The fourth-order valence-corrected chi connectivity index (χ4v) is 7.47. The predicted molar refractivity (Wildman–Crippen MR) is 190 cm³/mol. The number of rotatable bonds is 20. The summed E-state index contributed by atoms with van der Waals surface area (Å²) in [5, 5.41) is 9.70. The normalized spacial score (nSPS) is 14.7. The highest BCUT2D eigenvalue weighted by molar-refractivity contribution is 7.89. The minimum Gasteiger partial charge on any atom is -0.493 e. The first kappa shape index (κ1) is 39.6. The third kappa shape index (κ3) is 10.4. The van der Waals surface area contributed by atoms with Crippen molar-refractivity contribution in [2.45, 2.75) is 90.2 Å². The van der Waals surface area contributed by atoms with Crippen LogP contribution in [0.25, 0.3) is 22.4 Å². The van der Waals surface area contributed by atoms with Crippen molar-refractivity contribution in [1.82, 2.24) is 23.7 Å². The summed E-state index contributed by atoms with van der Waals surface area (Å²) < 4.78 is 47.3. The van der Waals surface area contributed by atoms with Crippen molar-refractivity contribution in [3.63, 3.8) is 0 Å². The van der Waals surface area contributed by atoms with E-state index in [1.807, 2.05) is 29.5 Å². The quantitative estimate of drug-likeness (QED) is 0.0726. The molecule has 0 unspecified atom stereocenters. The van der Waals surface area contributed by atoms with Gasteiger partial charge in [-0.05, 0) is 69.2 Å². The van der Waals surface area contributed by atoms with Crippen molar-refractivity contribution in [1.29, 1.82) is 0 Å². The molecule has 282 valence electrons. The van der Waals surface area contributed by atoms with Gasteiger partial charge in [0.1, 0.15) is 29.8 Å². The van der Waals surface area contributed by atoms with Gasteiger partial charge in [0.05, 0.1) is 29.2 Å². The molecular weight excluding hydrogens is 684 g/mol. The number of H-pyrrole nitrogens is 1. The van der Waals surface area contributed by atoms with Crippen molar-refractivity contribution in [3.8, 4) is 17.1 Å². The van der Waals surface area contributed by atoms with Gasteiger partial charge in [-0.2, -0.15) is 4.31 Å². The number of aromatic nitrogens is 3. The lowest BCUT2D eigenvalue weighted by Gasteiger charge is -2.33. The number of piperazine rings is 1. The van der Waals surface area contributed by atoms with Gasteiger partial charge in [0.2, 0.25) is 10.0 Å². The van der Waals surface area contributed by atoms with Crippen molar-refractivity contribution in [3.05, 3.63) is 50.4 Å². The molecule has 0 aliphatic carbocycles. The van der Waals surface area contributed by atoms with E-state index in [-0.39, 0.29) is 42.6 Å². The minimum absolute atomic E-state index is 0.0686. The monoisotopic (exact) mass is 734 g/mol. The molecule has 1 aromatic carbocycles. The van der Waals surface area contributed by atoms with Crippen LogP contribution in [0.3, 0.4) is 0 Å². The molecule has 1 aliphatic rings. The third-order valence-corrected chi connectivity index (χ3v) is 10.6. The van der Waals surface area contributed by atoms with Crippen molar-refractivity contribution < 1.29 is 37.3 Å². The molecule has 1 fully saturated rings. The summed E-state index contributed by atoms with van der Waals surface area (Å²) in [6.45, 7) is 10.8. The Kier molecular flexibility index (Phi) is 14.6. The fraction of sp³-hybridized carbons (Fsp3) is 0.618. The van der Waals surface area contributed by atoms with Crippen molar-refractivity contribution in [2.75, 3.05) is 52.5 Å². The highest BCUT2D eigenvalue weighted by atomic mass is 32.2. The first-order valence-electron chi connectivity index (χ1n) is 17.7. The van der Waals surface area contributed by atoms with Gasteiger partial charge >= 0.3 is 6.16 Å². The zero-order chi connectivity index (χ0) is 37.0. The number of aryl methyl sites for hydroxylation is 2. The van der Waals surface area contributed by atoms with E-state index in [0.29, 0.717) is 80.8 Å². The van der Waals surface area contributed by atoms with Crippen LogP contribution in [0.5, 0.6) is 5.75 Å². The zero-order valence-electron chi connectivity index (χ0n) is 29.9. The number of fused-ring (bicyclic) bond motifs is 1. The van der Waals surface area contributed by atoms with E-state index in [0.717, 1.165) is 24.8 Å². The number of aromatic amines is 1. The molecule has 1 atom stereocenters. The van der Waals surface area contributed by atoms with Crippen molar-refractivity contribution in [2.24, 2.45) is 0 Å². The van der Waals surface area contributed by atoms with Crippen LogP contribution >= 0.6 is 0 Å². The van der Waals surface area contributed by atoms with Crippen LogP contribution in [0.4, 0.5) is 4.79 Å². The number of ether oxygens (including phenoxy) is 3. The molecule has 1 aliphatic heterocycles. The van der Waals surface area contributed by atoms with E-state index in [1.165, 1.54) is 16.4 Å². The molecule has 3 heterocycles. The molecule has 3 aromatic rings. The van der Waals surface area contributed by atoms with Gasteiger partial charge in [-0.25, -0.2) is 18.2 Å². The molecule has 17 heteroatoms. The topological polar surface area (TPSA) is 188 Å². The lowest BCUT2D eigenvalue weighted by molar-refractivity contribution is -0.768. The van der Waals surface area contributed by atoms with Gasteiger partial charge in [0.15, 0.2) is 0 Å². The largest absolute Gasteiger partial charge is 0.508 e. The van der Waals surface area contributed by atoms with Gasteiger partial charge < -0.3 is 28.6 Å². The average Bonchev–Trinajstić information content (AvgIpc) is 3.48. The summed E-state index contributed by atoms with van der Waals surface area (Å²) in [7, 11) is -3.90. The number of nitrogens with one attached hydrogen (secondary N) is 1. The lowest BCUT2D eigenvalue weighted by atomic mass is 10.1. The highest BCUT2D eigenvalue weighted by Gasteiger charge is 2.30. The molecular formula is C34H50N6O10S. The lowest BCUT2D eigenvalue weighted by Crippen LogP contribution is -2.49. The van der Waals surface area contributed by atoms with Crippen LogP contribution in [0.15, 0.2) is 34.1 Å². The Morgan fingerprint density at radius 2 is 1.78 bits per heavy atom. The third-order valence-electron chi connectivity index (χ3n) is 8.75. The first-order valence-corrected chi connectivity index (χ1v) is 19.2. The second-order valence-corrected chi connectivity index (χ2v) is 14.3. The maximum atomic E-state index is 13.9. The Bertz CT molecular complexity index is 1790. The number of benzene rings is 1. The van der Waals surface area contributed by atoms with Crippen LogP contribution in [-0.2, 0) is 37.3 Å². The molecule has 51 heavy (non-hydrogen) atoms. The molecule has 0 saturated carbocycles. The molecule has 0 radical (unpaired) electrons. The maximum Gasteiger partial charge on any atom is 0.508 e. The van der Waals surface area contributed by atoms with Crippen LogP contribution in [0.1, 0.15) is 71.8 Å². The highest BCUT2D eigenvalue weighted by Crippen LogP contribution is 2.33. The van der Waals surface area contributed by atoms with E-state index in [2.05, 4.69) is 16.7 Å².